The van der Waals surface area contributed by atoms with Crippen molar-refractivity contribution in [3.05, 3.63) is 64.7 Å². The lowest BCUT2D eigenvalue weighted by atomic mass is 10.2. The van der Waals surface area contributed by atoms with Crippen LogP contribution in [-0.4, -0.2) is 11.2 Å². The normalized spacial score (nSPS) is 12.0. The van der Waals surface area contributed by atoms with Gasteiger partial charge in [0.05, 0.1) is 5.25 Å². The molecule has 0 bridgehead atoms. The Hall–Kier alpha value is -1.45. The number of hydrogen-bond donors (Lipinski definition) is 1. The van der Waals surface area contributed by atoms with Gasteiger partial charge in [-0.2, -0.15) is 0 Å². The Balaban J connectivity index is 1.89. The molecule has 0 aliphatic heterocycles. The maximum absolute atomic E-state index is 12.2. The van der Waals surface area contributed by atoms with E-state index in [2.05, 4.69) is 17.4 Å². The monoisotopic (exact) mass is 319 g/mol. The number of nitrogens with one attached hydrogen (secondary N) is 1. The molecular weight excluding hydrogens is 302 g/mol. The Morgan fingerprint density at radius 1 is 1.24 bits per heavy atom. The van der Waals surface area contributed by atoms with Gasteiger partial charge in [0.1, 0.15) is 0 Å². The average molecular weight is 320 g/mol. The molecule has 0 unspecified atom stereocenters. The average Bonchev–Trinajstić information content (AvgIpc) is 2.49. The summed E-state index contributed by atoms with van der Waals surface area (Å²) in [6, 6.07) is 15.7. The van der Waals surface area contributed by atoms with E-state index >= 15 is 0 Å². The Bertz CT molecular complexity index is 615. The van der Waals surface area contributed by atoms with Gasteiger partial charge in [-0.1, -0.05) is 48.0 Å². The lowest BCUT2D eigenvalue weighted by molar-refractivity contribution is -0.115. The molecule has 2 aromatic carbocycles. The third-order valence-corrected chi connectivity index (χ3v) is 4.77. The van der Waals surface area contributed by atoms with Gasteiger partial charge in [-0.15, -0.1) is 11.8 Å². The zero-order chi connectivity index (χ0) is 15.2. The van der Waals surface area contributed by atoms with E-state index in [4.69, 9.17) is 11.6 Å². The van der Waals surface area contributed by atoms with E-state index in [-0.39, 0.29) is 11.2 Å². The van der Waals surface area contributed by atoms with Crippen molar-refractivity contribution in [2.45, 2.75) is 24.9 Å². The third kappa shape index (κ3) is 4.80. The van der Waals surface area contributed by atoms with Crippen LogP contribution in [0.3, 0.4) is 0 Å². The highest BCUT2D eigenvalue weighted by Crippen LogP contribution is 2.22. The summed E-state index contributed by atoms with van der Waals surface area (Å²) in [5.74, 6) is 0.820. The van der Waals surface area contributed by atoms with Crippen LogP contribution >= 0.6 is 23.4 Å². The van der Waals surface area contributed by atoms with Crippen LogP contribution in [0.2, 0.25) is 5.02 Å². The summed E-state index contributed by atoms with van der Waals surface area (Å²) in [4.78, 5) is 12.2. The molecule has 0 fully saturated rings. The van der Waals surface area contributed by atoms with Crippen LogP contribution in [0.15, 0.2) is 48.5 Å². The first kappa shape index (κ1) is 15.9. The van der Waals surface area contributed by atoms with Crippen molar-refractivity contribution in [1.29, 1.82) is 0 Å². The van der Waals surface area contributed by atoms with E-state index < -0.39 is 0 Å². The number of rotatable bonds is 5. The summed E-state index contributed by atoms with van der Waals surface area (Å²) >= 11 is 7.68. The number of carbonyl (C=O) groups excluding carboxylic acids is 1. The van der Waals surface area contributed by atoms with Crippen molar-refractivity contribution in [2.24, 2.45) is 0 Å². The largest absolute Gasteiger partial charge is 0.325 e. The molecule has 0 spiro atoms. The summed E-state index contributed by atoms with van der Waals surface area (Å²) < 4.78 is 0. The molecule has 4 heteroatoms. The second-order valence-electron chi connectivity index (χ2n) is 4.89. The van der Waals surface area contributed by atoms with Gasteiger partial charge in [0.2, 0.25) is 5.91 Å². The molecule has 0 heterocycles. The minimum Gasteiger partial charge on any atom is -0.325 e. The predicted molar refractivity (Wildman–Crippen MR) is 92.0 cm³/mol. The predicted octanol–water partition coefficient (Wildman–Crippen LogP) is 4.91. The first-order valence-electron chi connectivity index (χ1n) is 6.79. The molecule has 2 nitrogen and oxygen atoms in total. The summed E-state index contributed by atoms with van der Waals surface area (Å²) in [7, 11) is 0. The Labute approximate surface area is 134 Å². The minimum atomic E-state index is -0.120. The summed E-state index contributed by atoms with van der Waals surface area (Å²) in [5.41, 5.74) is 2.96. The van der Waals surface area contributed by atoms with Gasteiger partial charge in [-0.3, -0.25) is 4.79 Å². The molecule has 1 atom stereocenters. The number of anilines is 1. The van der Waals surface area contributed by atoms with Gasteiger partial charge in [-0.05, 0) is 37.1 Å². The summed E-state index contributed by atoms with van der Waals surface area (Å²) in [6.07, 6.45) is 0. The van der Waals surface area contributed by atoms with Crippen LogP contribution in [0.4, 0.5) is 5.69 Å². The van der Waals surface area contributed by atoms with Crippen LogP contribution in [-0.2, 0) is 10.5 Å². The molecule has 0 aromatic heterocycles. The van der Waals surface area contributed by atoms with Crippen LogP contribution in [0, 0.1) is 6.92 Å². The maximum Gasteiger partial charge on any atom is 0.237 e. The fourth-order valence-electron chi connectivity index (χ4n) is 1.79. The second-order valence-corrected chi connectivity index (χ2v) is 6.63. The molecular formula is C17H18ClNOS. The fourth-order valence-corrected chi connectivity index (χ4v) is 2.81. The van der Waals surface area contributed by atoms with E-state index in [1.165, 1.54) is 5.56 Å². The summed E-state index contributed by atoms with van der Waals surface area (Å²) in [6.45, 7) is 3.85. The molecule has 110 valence electrons. The number of hydrogen-bond acceptors (Lipinski definition) is 2. The van der Waals surface area contributed by atoms with E-state index in [0.29, 0.717) is 5.02 Å². The standard InChI is InChI=1S/C17H18ClNOS/c1-12-8-9-15(10-16(12)18)19-17(20)13(2)21-11-14-6-4-3-5-7-14/h3-10,13H,11H2,1-2H3,(H,19,20)/t13-/m0/s1. The van der Waals surface area contributed by atoms with Crippen LogP contribution < -0.4 is 5.32 Å². The summed E-state index contributed by atoms with van der Waals surface area (Å²) in [5, 5.41) is 3.45. The Kier molecular flexibility index (Phi) is 5.71. The number of carbonyl (C=O) groups is 1. The van der Waals surface area contributed by atoms with E-state index in [1.807, 2.05) is 44.2 Å². The Morgan fingerprint density at radius 2 is 1.95 bits per heavy atom. The zero-order valence-corrected chi connectivity index (χ0v) is 13.7. The molecule has 2 aromatic rings. The van der Waals surface area contributed by atoms with Crippen molar-refractivity contribution >= 4 is 35.0 Å². The maximum atomic E-state index is 12.2. The van der Waals surface area contributed by atoms with Gasteiger partial charge < -0.3 is 5.32 Å². The van der Waals surface area contributed by atoms with Crippen LogP contribution in [0.25, 0.3) is 0 Å². The van der Waals surface area contributed by atoms with Crippen LogP contribution in [0.5, 0.6) is 0 Å². The topological polar surface area (TPSA) is 29.1 Å². The van der Waals surface area contributed by atoms with Crippen LogP contribution in [0.1, 0.15) is 18.1 Å². The van der Waals surface area contributed by atoms with Gasteiger partial charge in [-0.25, -0.2) is 0 Å². The van der Waals surface area contributed by atoms with E-state index in [1.54, 1.807) is 17.8 Å². The van der Waals surface area contributed by atoms with Crippen molar-refractivity contribution in [2.75, 3.05) is 5.32 Å². The highest BCUT2D eigenvalue weighted by atomic mass is 35.5. The number of halogens is 1. The second kappa shape index (κ2) is 7.53. The molecule has 0 saturated carbocycles. The SMILES string of the molecule is Cc1ccc(NC(=O)[C@H](C)SCc2ccccc2)cc1Cl. The minimum absolute atomic E-state index is 0.00384. The van der Waals surface area contributed by atoms with Gasteiger partial charge in [0.25, 0.3) is 0 Å². The lowest BCUT2D eigenvalue weighted by Gasteiger charge is -2.12. The molecule has 1 N–H and O–H groups in total. The van der Waals surface area contributed by atoms with Gasteiger partial charge in [0.15, 0.2) is 0 Å². The molecule has 0 aliphatic rings. The molecule has 1 amide bonds. The van der Waals surface area contributed by atoms with Gasteiger partial charge in [0, 0.05) is 16.5 Å². The van der Waals surface area contributed by atoms with E-state index in [9.17, 15) is 4.79 Å². The Morgan fingerprint density at radius 3 is 2.62 bits per heavy atom. The van der Waals surface area contributed by atoms with Crippen molar-refractivity contribution in [1.82, 2.24) is 0 Å². The van der Waals surface area contributed by atoms with E-state index in [0.717, 1.165) is 17.0 Å². The highest BCUT2D eigenvalue weighted by molar-refractivity contribution is 7.99. The van der Waals surface area contributed by atoms with Crippen molar-refractivity contribution < 1.29 is 4.79 Å². The molecule has 0 aliphatic carbocycles. The number of thioether (sulfide) groups is 1. The number of benzene rings is 2. The van der Waals surface area contributed by atoms with Crippen molar-refractivity contribution in [3.63, 3.8) is 0 Å². The highest BCUT2D eigenvalue weighted by Gasteiger charge is 2.14. The third-order valence-electron chi connectivity index (χ3n) is 3.15. The molecule has 2 rings (SSSR count). The fraction of sp³-hybridized carbons (Fsp3) is 0.235. The zero-order valence-electron chi connectivity index (χ0n) is 12.1. The number of aryl methyl sites for hydroxylation is 1. The molecule has 0 saturated heterocycles. The first-order valence-corrected chi connectivity index (χ1v) is 8.21. The first-order chi connectivity index (χ1) is 10.1. The molecule has 0 radical (unpaired) electrons. The quantitative estimate of drug-likeness (QED) is 0.848. The van der Waals surface area contributed by atoms with Crippen molar-refractivity contribution in [3.8, 4) is 0 Å². The smallest absolute Gasteiger partial charge is 0.237 e. The molecule has 21 heavy (non-hydrogen) atoms. The van der Waals surface area contributed by atoms with Gasteiger partial charge >= 0.3 is 0 Å². The number of amides is 1. The lowest BCUT2D eigenvalue weighted by Crippen LogP contribution is -2.22.